The molecule has 1 heterocycles. The molecule has 0 aliphatic carbocycles. The number of nitrogens with zero attached hydrogens (tertiary/aromatic N) is 1. The molecule has 1 N–H and O–H groups in total. The van der Waals surface area contributed by atoms with E-state index in [0.29, 0.717) is 11.4 Å². The van der Waals surface area contributed by atoms with Crippen LogP contribution in [0.25, 0.3) is 0 Å². The third-order valence-corrected chi connectivity index (χ3v) is 1.82. The second-order valence-electron chi connectivity index (χ2n) is 2.71. The zero-order chi connectivity index (χ0) is 8.43. The van der Waals surface area contributed by atoms with E-state index in [-0.39, 0.29) is 0 Å². The lowest BCUT2D eigenvalue weighted by molar-refractivity contribution is 0.466. The lowest BCUT2D eigenvalue weighted by Gasteiger charge is -2.04. The first-order valence-electron chi connectivity index (χ1n) is 3.81. The Balaban J connectivity index is 3.21. The summed E-state index contributed by atoms with van der Waals surface area (Å²) >= 11 is 0. The van der Waals surface area contributed by atoms with Gasteiger partial charge in [-0.3, -0.25) is 4.98 Å². The van der Waals surface area contributed by atoms with E-state index in [9.17, 15) is 5.11 Å². The van der Waals surface area contributed by atoms with Crippen LogP contribution in [0.3, 0.4) is 0 Å². The van der Waals surface area contributed by atoms with Crippen molar-refractivity contribution in [2.45, 2.75) is 27.2 Å². The Morgan fingerprint density at radius 3 is 2.64 bits per heavy atom. The minimum absolute atomic E-state index is 0.291. The highest BCUT2D eigenvalue weighted by molar-refractivity contribution is 5.32. The van der Waals surface area contributed by atoms with Gasteiger partial charge in [0.25, 0.3) is 0 Å². The molecule has 2 nitrogen and oxygen atoms in total. The molecule has 0 bridgehead atoms. The molecular weight excluding hydrogens is 138 g/mol. The van der Waals surface area contributed by atoms with Gasteiger partial charge >= 0.3 is 0 Å². The molecule has 60 valence electrons. The number of aryl methyl sites for hydroxylation is 3. The van der Waals surface area contributed by atoms with Crippen molar-refractivity contribution in [1.29, 1.82) is 0 Å². The highest BCUT2D eigenvalue weighted by Gasteiger charge is 2.02. The smallest absolute Gasteiger partial charge is 0.137 e. The highest BCUT2D eigenvalue weighted by Crippen LogP contribution is 2.17. The molecule has 0 amide bonds. The first-order chi connectivity index (χ1) is 5.15. The summed E-state index contributed by atoms with van der Waals surface area (Å²) in [6.45, 7) is 5.84. The number of pyridine rings is 1. The van der Waals surface area contributed by atoms with Crippen LogP contribution in [-0.4, -0.2) is 10.1 Å². The van der Waals surface area contributed by atoms with Crippen molar-refractivity contribution in [3.8, 4) is 5.75 Å². The maximum absolute atomic E-state index is 9.26. The van der Waals surface area contributed by atoms with Gasteiger partial charge in [-0.25, -0.2) is 0 Å². The van der Waals surface area contributed by atoms with Crippen LogP contribution in [0, 0.1) is 13.8 Å². The zero-order valence-corrected chi connectivity index (χ0v) is 7.18. The highest BCUT2D eigenvalue weighted by atomic mass is 16.3. The van der Waals surface area contributed by atoms with Crippen molar-refractivity contribution in [2.75, 3.05) is 0 Å². The Bertz CT molecular complexity index is 269. The predicted molar refractivity (Wildman–Crippen MR) is 44.8 cm³/mol. The summed E-state index contributed by atoms with van der Waals surface area (Å²) in [5.41, 5.74) is 2.85. The van der Waals surface area contributed by atoms with Crippen molar-refractivity contribution in [1.82, 2.24) is 4.98 Å². The number of hydrogen-bond donors (Lipinski definition) is 1. The van der Waals surface area contributed by atoms with Gasteiger partial charge in [0.15, 0.2) is 0 Å². The normalized spacial score (nSPS) is 10.1. The Hall–Kier alpha value is -1.05. The molecule has 1 aromatic rings. The summed E-state index contributed by atoms with van der Waals surface area (Å²) in [6.07, 6.45) is 0.924. The fraction of sp³-hybridized carbons (Fsp3) is 0.444. The minimum atomic E-state index is 0.291. The number of aromatic nitrogens is 1. The van der Waals surface area contributed by atoms with E-state index in [2.05, 4.69) is 11.9 Å². The largest absolute Gasteiger partial charge is 0.506 e. The average Bonchev–Trinajstić information content (AvgIpc) is 1.97. The SMILES string of the molecule is CCc1nc(C)c(O)cc1C. The molecule has 2 heteroatoms. The first-order valence-corrected chi connectivity index (χ1v) is 3.81. The Labute approximate surface area is 66.9 Å². The van der Waals surface area contributed by atoms with Crippen LogP contribution < -0.4 is 0 Å². The monoisotopic (exact) mass is 151 g/mol. The molecule has 0 aliphatic rings. The summed E-state index contributed by atoms with van der Waals surface area (Å²) in [5.74, 6) is 0.291. The molecule has 0 atom stereocenters. The van der Waals surface area contributed by atoms with E-state index >= 15 is 0 Å². The molecular formula is C9H13NO. The summed E-state index contributed by atoms with van der Waals surface area (Å²) in [7, 11) is 0. The molecule has 1 aromatic heterocycles. The predicted octanol–water partition coefficient (Wildman–Crippen LogP) is 1.97. The average molecular weight is 151 g/mol. The molecule has 0 spiro atoms. The molecule has 0 fully saturated rings. The molecule has 0 saturated heterocycles. The van der Waals surface area contributed by atoms with E-state index in [0.717, 1.165) is 17.7 Å². The van der Waals surface area contributed by atoms with Crippen LogP contribution in [0.4, 0.5) is 0 Å². The van der Waals surface area contributed by atoms with Gasteiger partial charge in [-0.1, -0.05) is 6.92 Å². The standard InChI is InChI=1S/C9H13NO/c1-4-8-6(2)5-9(11)7(3)10-8/h5,11H,4H2,1-3H3. The van der Waals surface area contributed by atoms with Crippen molar-refractivity contribution in [3.05, 3.63) is 23.0 Å². The van der Waals surface area contributed by atoms with Crippen LogP contribution in [0.5, 0.6) is 5.75 Å². The van der Waals surface area contributed by atoms with Crippen LogP contribution >= 0.6 is 0 Å². The van der Waals surface area contributed by atoms with Gasteiger partial charge in [-0.2, -0.15) is 0 Å². The van der Waals surface area contributed by atoms with E-state index < -0.39 is 0 Å². The van der Waals surface area contributed by atoms with Crippen molar-refractivity contribution in [2.24, 2.45) is 0 Å². The maximum atomic E-state index is 9.26. The molecule has 0 unspecified atom stereocenters. The fourth-order valence-electron chi connectivity index (χ4n) is 1.10. The van der Waals surface area contributed by atoms with E-state index in [1.165, 1.54) is 0 Å². The second kappa shape index (κ2) is 2.91. The van der Waals surface area contributed by atoms with Crippen molar-refractivity contribution in [3.63, 3.8) is 0 Å². The van der Waals surface area contributed by atoms with Gasteiger partial charge < -0.3 is 5.11 Å². The summed E-state index contributed by atoms with van der Waals surface area (Å²) in [4.78, 5) is 4.24. The Morgan fingerprint density at radius 2 is 2.09 bits per heavy atom. The van der Waals surface area contributed by atoms with Gasteiger partial charge in [0.2, 0.25) is 0 Å². The van der Waals surface area contributed by atoms with Gasteiger partial charge in [-0.15, -0.1) is 0 Å². The second-order valence-corrected chi connectivity index (χ2v) is 2.71. The quantitative estimate of drug-likeness (QED) is 0.665. The summed E-state index contributed by atoms with van der Waals surface area (Å²) < 4.78 is 0. The first kappa shape index (κ1) is 8.05. The molecule has 0 radical (unpaired) electrons. The van der Waals surface area contributed by atoms with E-state index in [1.807, 2.05) is 13.8 Å². The summed E-state index contributed by atoms with van der Waals surface area (Å²) in [5, 5.41) is 9.26. The molecule has 0 aliphatic heterocycles. The van der Waals surface area contributed by atoms with Gasteiger partial charge in [0.05, 0.1) is 5.69 Å². The topological polar surface area (TPSA) is 33.1 Å². The van der Waals surface area contributed by atoms with Crippen LogP contribution in [-0.2, 0) is 6.42 Å². The van der Waals surface area contributed by atoms with Gasteiger partial charge in [0.1, 0.15) is 5.75 Å². The van der Waals surface area contributed by atoms with Crippen LogP contribution in [0.15, 0.2) is 6.07 Å². The van der Waals surface area contributed by atoms with Crippen LogP contribution in [0.1, 0.15) is 23.9 Å². The maximum Gasteiger partial charge on any atom is 0.137 e. The fourth-order valence-corrected chi connectivity index (χ4v) is 1.10. The lowest BCUT2D eigenvalue weighted by Crippen LogP contribution is -1.94. The number of hydrogen-bond acceptors (Lipinski definition) is 2. The molecule has 0 saturated carbocycles. The van der Waals surface area contributed by atoms with Crippen LogP contribution in [0.2, 0.25) is 0 Å². The van der Waals surface area contributed by atoms with Crippen molar-refractivity contribution >= 4 is 0 Å². The molecule has 1 rings (SSSR count). The van der Waals surface area contributed by atoms with Gasteiger partial charge in [-0.05, 0) is 31.9 Å². The van der Waals surface area contributed by atoms with Crippen molar-refractivity contribution < 1.29 is 5.11 Å². The minimum Gasteiger partial charge on any atom is -0.506 e. The van der Waals surface area contributed by atoms with E-state index in [1.54, 1.807) is 6.07 Å². The summed E-state index contributed by atoms with van der Waals surface area (Å²) in [6, 6.07) is 1.77. The Kier molecular flexibility index (Phi) is 2.13. The number of aromatic hydroxyl groups is 1. The molecule has 11 heavy (non-hydrogen) atoms. The zero-order valence-electron chi connectivity index (χ0n) is 7.18. The van der Waals surface area contributed by atoms with Gasteiger partial charge in [0, 0.05) is 5.69 Å². The number of rotatable bonds is 1. The molecule has 0 aromatic carbocycles. The Morgan fingerprint density at radius 1 is 1.45 bits per heavy atom. The third-order valence-electron chi connectivity index (χ3n) is 1.82. The third kappa shape index (κ3) is 1.50. The van der Waals surface area contributed by atoms with E-state index in [4.69, 9.17) is 0 Å². The lowest BCUT2D eigenvalue weighted by atomic mass is 10.1.